The first kappa shape index (κ1) is 31.7. The van der Waals surface area contributed by atoms with E-state index in [0.717, 1.165) is 43.2 Å². The molecule has 1 amide bonds. The summed E-state index contributed by atoms with van der Waals surface area (Å²) >= 11 is 0. The van der Waals surface area contributed by atoms with Gasteiger partial charge >= 0.3 is 5.97 Å². The second-order valence-electron chi connectivity index (χ2n) is 10.6. The molecule has 2 aromatic carbocycles. The van der Waals surface area contributed by atoms with Crippen molar-refractivity contribution in [3.05, 3.63) is 53.6 Å². The quantitative estimate of drug-likeness (QED) is 0.217. The predicted octanol–water partition coefficient (Wildman–Crippen LogP) is 5.56. The molecule has 214 valence electrons. The van der Waals surface area contributed by atoms with Crippen LogP contribution in [-0.4, -0.2) is 31.9 Å². The van der Waals surface area contributed by atoms with E-state index in [2.05, 4.69) is 0 Å². The number of ketones is 1. The fourth-order valence-corrected chi connectivity index (χ4v) is 4.46. The highest BCUT2D eigenvalue weighted by molar-refractivity contribution is 6.37. The average Bonchev–Trinajstić information content (AvgIpc) is 2.95. The van der Waals surface area contributed by atoms with Gasteiger partial charge in [0, 0.05) is 11.1 Å². The molecular weight excluding hydrogens is 496 g/mol. The number of rotatable bonds is 11. The molecule has 1 saturated carbocycles. The molecule has 0 spiro atoms. The number of primary amides is 1. The number of benzene rings is 2. The number of hydrogen-bond acceptors (Lipinski definition) is 7. The highest BCUT2D eigenvalue weighted by Crippen LogP contribution is 2.32. The van der Waals surface area contributed by atoms with Crippen LogP contribution in [0, 0.1) is 11.3 Å². The van der Waals surface area contributed by atoms with E-state index in [0.29, 0.717) is 30.0 Å². The van der Waals surface area contributed by atoms with Gasteiger partial charge in [-0.15, -0.1) is 0 Å². The summed E-state index contributed by atoms with van der Waals surface area (Å²) in [5.41, 5.74) is 12.9. The lowest BCUT2D eigenvalue weighted by atomic mass is 9.85. The molecule has 8 heteroatoms. The molecule has 1 aliphatic rings. The summed E-state index contributed by atoms with van der Waals surface area (Å²) < 4.78 is 16.7. The van der Waals surface area contributed by atoms with E-state index in [1.807, 2.05) is 49.4 Å². The summed E-state index contributed by atoms with van der Waals surface area (Å²) in [5, 5.41) is 0. The van der Waals surface area contributed by atoms with E-state index >= 15 is 0 Å². The third-order valence-corrected chi connectivity index (χ3v) is 7.34. The summed E-state index contributed by atoms with van der Waals surface area (Å²) in [7, 11) is 3.25. The first-order chi connectivity index (χ1) is 18.5. The van der Waals surface area contributed by atoms with Crippen molar-refractivity contribution >= 4 is 23.3 Å². The molecule has 1 aliphatic carbocycles. The molecule has 0 unspecified atom stereocenters. The Labute approximate surface area is 232 Å². The van der Waals surface area contributed by atoms with Crippen LogP contribution in [0.5, 0.6) is 11.5 Å². The molecule has 0 bridgehead atoms. The van der Waals surface area contributed by atoms with Gasteiger partial charge in [0.2, 0.25) is 5.78 Å². The molecule has 4 N–H and O–H groups in total. The Kier molecular flexibility index (Phi) is 12.3. The molecule has 0 saturated heterocycles. The molecule has 8 nitrogen and oxygen atoms in total. The van der Waals surface area contributed by atoms with Gasteiger partial charge in [-0.3, -0.25) is 14.4 Å². The van der Waals surface area contributed by atoms with Crippen LogP contribution in [0.3, 0.4) is 0 Å². The van der Waals surface area contributed by atoms with Gasteiger partial charge < -0.3 is 25.7 Å². The number of methoxy groups -OCH3 is 2. The summed E-state index contributed by atoms with van der Waals surface area (Å²) in [6.45, 7) is 5.26. The zero-order valence-corrected chi connectivity index (χ0v) is 24.0. The molecule has 0 heterocycles. The average molecular weight is 541 g/mol. The number of hydrogen-bond donors (Lipinski definition) is 2. The SMILES string of the molecule is CCC(C)(C)C(=O)C(N)=O.COc1ccc(CC[C@@H](OC(=O)C2CCCCC2)c2cccc(N)c2)cc1OC. The maximum absolute atomic E-state index is 12.8. The topological polar surface area (TPSA) is 131 Å². The molecule has 3 rings (SSSR count). The first-order valence-electron chi connectivity index (χ1n) is 13.6. The second kappa shape index (κ2) is 15.1. The van der Waals surface area contributed by atoms with E-state index < -0.39 is 17.1 Å². The van der Waals surface area contributed by atoms with Gasteiger partial charge in [-0.05, 0) is 67.5 Å². The zero-order valence-electron chi connectivity index (χ0n) is 24.0. The Balaban J connectivity index is 0.000000455. The highest BCUT2D eigenvalue weighted by Gasteiger charge is 2.29. The van der Waals surface area contributed by atoms with Crippen molar-refractivity contribution in [3.8, 4) is 11.5 Å². The van der Waals surface area contributed by atoms with Gasteiger partial charge in [0.1, 0.15) is 6.10 Å². The minimum Gasteiger partial charge on any atom is -0.493 e. The van der Waals surface area contributed by atoms with Crippen LogP contribution in [-0.2, 0) is 25.5 Å². The van der Waals surface area contributed by atoms with Crippen LogP contribution in [0.1, 0.15) is 82.9 Å². The van der Waals surface area contributed by atoms with Crippen LogP contribution in [0.4, 0.5) is 5.69 Å². The summed E-state index contributed by atoms with van der Waals surface area (Å²) in [6, 6.07) is 13.5. The Hall–Kier alpha value is -3.55. The monoisotopic (exact) mass is 540 g/mol. The maximum Gasteiger partial charge on any atom is 0.309 e. The zero-order chi connectivity index (χ0) is 29.0. The van der Waals surface area contributed by atoms with Crippen molar-refractivity contribution in [1.29, 1.82) is 0 Å². The summed E-state index contributed by atoms with van der Waals surface area (Å²) in [6.07, 6.45) is 7.02. The molecule has 1 fully saturated rings. The van der Waals surface area contributed by atoms with E-state index in [9.17, 15) is 14.4 Å². The van der Waals surface area contributed by atoms with Crippen molar-refractivity contribution < 1.29 is 28.6 Å². The van der Waals surface area contributed by atoms with Gasteiger partial charge in [-0.25, -0.2) is 0 Å². The number of Topliss-reactive ketones (excluding diaryl/α,β-unsaturated/α-hetero) is 1. The Morgan fingerprint density at radius 3 is 2.18 bits per heavy atom. The smallest absolute Gasteiger partial charge is 0.309 e. The number of carbonyl (C=O) groups is 3. The Morgan fingerprint density at radius 1 is 0.974 bits per heavy atom. The van der Waals surface area contributed by atoms with Gasteiger partial charge in [-0.2, -0.15) is 0 Å². The molecule has 2 aromatic rings. The molecule has 39 heavy (non-hydrogen) atoms. The van der Waals surface area contributed by atoms with Crippen molar-refractivity contribution in [2.75, 3.05) is 20.0 Å². The van der Waals surface area contributed by atoms with Crippen molar-refractivity contribution in [2.45, 2.75) is 78.2 Å². The lowest BCUT2D eigenvalue weighted by molar-refractivity contribution is -0.156. The predicted molar refractivity (Wildman–Crippen MR) is 152 cm³/mol. The van der Waals surface area contributed by atoms with Gasteiger partial charge in [-0.1, -0.05) is 58.2 Å². The summed E-state index contributed by atoms with van der Waals surface area (Å²) in [5.74, 6) is 0.0109. The van der Waals surface area contributed by atoms with E-state index in [-0.39, 0.29) is 18.0 Å². The van der Waals surface area contributed by atoms with Crippen LogP contribution in [0.2, 0.25) is 0 Å². The highest BCUT2D eigenvalue weighted by atomic mass is 16.5. The van der Waals surface area contributed by atoms with Crippen LogP contribution >= 0.6 is 0 Å². The van der Waals surface area contributed by atoms with Gasteiger partial charge in [0.15, 0.2) is 11.5 Å². The number of nitrogen functional groups attached to an aromatic ring is 1. The van der Waals surface area contributed by atoms with Crippen LogP contribution in [0.25, 0.3) is 0 Å². The fourth-order valence-electron chi connectivity index (χ4n) is 4.46. The summed E-state index contributed by atoms with van der Waals surface area (Å²) in [4.78, 5) is 34.1. The van der Waals surface area contributed by atoms with Crippen LogP contribution in [0.15, 0.2) is 42.5 Å². The minimum atomic E-state index is -0.841. The Bertz CT molecular complexity index is 1110. The van der Waals surface area contributed by atoms with E-state index in [4.69, 9.17) is 25.7 Å². The lowest BCUT2D eigenvalue weighted by Gasteiger charge is -2.25. The number of amides is 1. The molecule has 0 aromatic heterocycles. The molecule has 0 radical (unpaired) electrons. The standard InChI is InChI=1S/C24H31NO4.C7H13NO2/c1-27-22-14-12-17(15-23(22)28-2)11-13-21(19-9-6-10-20(25)16-19)29-24(26)18-7-4-3-5-8-18;1-4-7(2,3)5(9)6(8)10/h6,9-10,12,14-16,18,21H,3-5,7-8,11,13,25H2,1-2H3;4H2,1-3H3,(H2,8,10)/t21-;/m1./s1. The minimum absolute atomic E-state index is 0.0217. The Morgan fingerprint density at radius 2 is 1.64 bits per heavy atom. The number of anilines is 1. The normalized spacial score (nSPS) is 14.4. The van der Waals surface area contributed by atoms with Gasteiger partial charge in [0.05, 0.1) is 20.1 Å². The number of nitrogens with two attached hydrogens (primary N) is 2. The second-order valence-corrected chi connectivity index (χ2v) is 10.6. The largest absolute Gasteiger partial charge is 0.493 e. The van der Waals surface area contributed by atoms with E-state index in [1.165, 1.54) is 6.42 Å². The van der Waals surface area contributed by atoms with Crippen molar-refractivity contribution in [1.82, 2.24) is 0 Å². The first-order valence-corrected chi connectivity index (χ1v) is 13.6. The molecule has 1 atom stereocenters. The fraction of sp³-hybridized carbons (Fsp3) is 0.516. The molecular formula is C31H44N2O6. The van der Waals surface area contributed by atoms with Crippen LogP contribution < -0.4 is 20.9 Å². The molecule has 0 aliphatic heterocycles. The maximum atomic E-state index is 12.8. The third-order valence-electron chi connectivity index (χ3n) is 7.34. The number of carbonyl (C=O) groups excluding carboxylic acids is 3. The van der Waals surface area contributed by atoms with E-state index in [1.54, 1.807) is 28.1 Å². The third kappa shape index (κ3) is 9.61. The van der Waals surface area contributed by atoms with Crippen molar-refractivity contribution in [2.24, 2.45) is 17.1 Å². The number of ether oxygens (including phenoxy) is 3. The van der Waals surface area contributed by atoms with Crippen molar-refractivity contribution in [3.63, 3.8) is 0 Å². The van der Waals surface area contributed by atoms with Gasteiger partial charge in [0.25, 0.3) is 5.91 Å². The lowest BCUT2D eigenvalue weighted by Crippen LogP contribution is -2.35. The number of aryl methyl sites for hydroxylation is 1. The number of esters is 1.